The van der Waals surface area contributed by atoms with Crippen molar-refractivity contribution in [2.24, 2.45) is 11.7 Å². The van der Waals surface area contributed by atoms with Gasteiger partial charge in [-0.15, -0.1) is 0 Å². The van der Waals surface area contributed by atoms with Gasteiger partial charge in [0.1, 0.15) is 0 Å². The number of nitrogens with two attached hydrogens (primary N) is 1. The van der Waals surface area contributed by atoms with Gasteiger partial charge in [0.05, 0.1) is 0 Å². The summed E-state index contributed by atoms with van der Waals surface area (Å²) in [5, 5.41) is 11.1. The number of guanidine groups is 1. The molecule has 5 heteroatoms. The molecule has 2 heterocycles. The number of nitrogens with zero attached hydrogens (tertiary/aromatic N) is 2. The Hall–Kier alpha value is -0.810. The zero-order chi connectivity index (χ0) is 13.0. The smallest absolute Gasteiger partial charge is 0.188 e. The molecular weight excluding hydrogens is 226 g/mol. The van der Waals surface area contributed by atoms with Crippen LogP contribution in [0.4, 0.5) is 0 Å². The van der Waals surface area contributed by atoms with Crippen molar-refractivity contribution in [3.63, 3.8) is 0 Å². The van der Waals surface area contributed by atoms with E-state index in [1.54, 1.807) is 0 Å². The van der Waals surface area contributed by atoms with Gasteiger partial charge in [0.25, 0.3) is 0 Å². The van der Waals surface area contributed by atoms with E-state index in [1.165, 1.54) is 32.4 Å². The Morgan fingerprint density at radius 3 is 3.00 bits per heavy atom. The summed E-state index contributed by atoms with van der Waals surface area (Å²) in [6, 6.07) is 0.415. The topological polar surface area (TPSA) is 68.4 Å². The Morgan fingerprint density at radius 1 is 1.44 bits per heavy atom. The van der Waals surface area contributed by atoms with Crippen LogP contribution in [0.1, 0.15) is 26.2 Å². The second-order valence-electron chi connectivity index (χ2n) is 5.57. The second-order valence-corrected chi connectivity index (χ2v) is 5.57. The number of rotatable bonds is 3. The van der Waals surface area contributed by atoms with Crippen molar-refractivity contribution in [3.05, 3.63) is 0 Å². The summed E-state index contributed by atoms with van der Waals surface area (Å²) in [6.45, 7) is 8.68. The summed E-state index contributed by atoms with van der Waals surface area (Å²) in [5.41, 5.74) is 5.69. The maximum atomic E-state index is 7.68. The van der Waals surface area contributed by atoms with Crippen LogP contribution in [-0.2, 0) is 0 Å². The highest BCUT2D eigenvalue weighted by molar-refractivity contribution is 5.75. The van der Waals surface area contributed by atoms with Crippen LogP contribution in [0.2, 0.25) is 0 Å². The van der Waals surface area contributed by atoms with Crippen LogP contribution in [0.15, 0.2) is 0 Å². The van der Waals surface area contributed by atoms with Crippen LogP contribution < -0.4 is 11.1 Å². The molecule has 0 aliphatic carbocycles. The summed E-state index contributed by atoms with van der Waals surface area (Å²) in [4.78, 5) is 4.62. The van der Waals surface area contributed by atoms with Crippen molar-refractivity contribution < 1.29 is 0 Å². The first kappa shape index (κ1) is 13.6. The molecular formula is C13H27N5. The van der Waals surface area contributed by atoms with Crippen molar-refractivity contribution in [1.82, 2.24) is 15.1 Å². The second kappa shape index (κ2) is 6.38. The van der Waals surface area contributed by atoms with Gasteiger partial charge >= 0.3 is 0 Å². The lowest BCUT2D eigenvalue weighted by molar-refractivity contribution is 0.140. The molecule has 0 saturated carbocycles. The third kappa shape index (κ3) is 3.36. The molecule has 0 aromatic carbocycles. The third-order valence-corrected chi connectivity index (χ3v) is 4.32. The molecule has 2 saturated heterocycles. The van der Waals surface area contributed by atoms with Crippen LogP contribution in [0.5, 0.6) is 0 Å². The maximum Gasteiger partial charge on any atom is 0.188 e. The molecule has 18 heavy (non-hydrogen) atoms. The molecule has 2 aliphatic heterocycles. The molecule has 1 unspecified atom stereocenters. The van der Waals surface area contributed by atoms with Crippen molar-refractivity contribution in [2.75, 3.05) is 39.3 Å². The third-order valence-electron chi connectivity index (χ3n) is 4.32. The number of piperazine rings is 1. The monoisotopic (exact) mass is 253 g/mol. The lowest BCUT2D eigenvalue weighted by atomic mass is 9.90. The Labute approximate surface area is 110 Å². The lowest BCUT2D eigenvalue weighted by Gasteiger charge is -2.40. The quantitative estimate of drug-likeness (QED) is 0.499. The Bertz CT molecular complexity index is 281. The predicted molar refractivity (Wildman–Crippen MR) is 74.7 cm³/mol. The maximum absolute atomic E-state index is 7.68. The average molecular weight is 253 g/mol. The minimum absolute atomic E-state index is 0.240. The fourth-order valence-electron chi connectivity index (χ4n) is 3.30. The molecule has 2 atom stereocenters. The first-order valence-corrected chi connectivity index (χ1v) is 7.24. The van der Waals surface area contributed by atoms with Gasteiger partial charge in [-0.05, 0) is 38.3 Å². The highest BCUT2D eigenvalue weighted by atomic mass is 15.3. The summed E-state index contributed by atoms with van der Waals surface area (Å²) < 4.78 is 0. The highest BCUT2D eigenvalue weighted by Gasteiger charge is 2.28. The molecule has 0 bridgehead atoms. The molecule has 4 N–H and O–H groups in total. The molecule has 5 nitrogen and oxygen atoms in total. The molecule has 2 fully saturated rings. The van der Waals surface area contributed by atoms with E-state index < -0.39 is 0 Å². The average Bonchev–Trinajstić information content (AvgIpc) is 2.39. The Balaban J connectivity index is 1.88. The van der Waals surface area contributed by atoms with E-state index in [9.17, 15) is 0 Å². The summed E-state index contributed by atoms with van der Waals surface area (Å²) >= 11 is 0. The first-order valence-electron chi connectivity index (χ1n) is 7.24. The van der Waals surface area contributed by atoms with E-state index in [2.05, 4.69) is 22.0 Å². The van der Waals surface area contributed by atoms with Crippen molar-refractivity contribution >= 4 is 5.96 Å². The van der Waals surface area contributed by atoms with Gasteiger partial charge in [-0.25, -0.2) is 0 Å². The first-order chi connectivity index (χ1) is 8.70. The van der Waals surface area contributed by atoms with E-state index in [1.807, 2.05) is 0 Å². The summed E-state index contributed by atoms with van der Waals surface area (Å²) in [7, 11) is 0. The molecule has 0 radical (unpaired) electrons. The fourth-order valence-corrected chi connectivity index (χ4v) is 3.30. The van der Waals surface area contributed by atoms with E-state index >= 15 is 0 Å². The summed E-state index contributed by atoms with van der Waals surface area (Å²) in [5.74, 6) is 1.01. The van der Waals surface area contributed by atoms with Crippen LogP contribution in [0, 0.1) is 11.3 Å². The van der Waals surface area contributed by atoms with Crippen LogP contribution in [0.25, 0.3) is 0 Å². The van der Waals surface area contributed by atoms with E-state index in [4.69, 9.17) is 11.1 Å². The van der Waals surface area contributed by atoms with Gasteiger partial charge in [-0.1, -0.05) is 6.92 Å². The predicted octanol–water partition coefficient (Wildman–Crippen LogP) is 0.276. The van der Waals surface area contributed by atoms with Gasteiger partial charge in [0.2, 0.25) is 0 Å². The zero-order valence-corrected chi connectivity index (χ0v) is 11.5. The number of nitrogens with one attached hydrogen (secondary N) is 2. The fraction of sp³-hybridized carbons (Fsp3) is 0.923. The largest absolute Gasteiger partial charge is 0.370 e. The van der Waals surface area contributed by atoms with Crippen LogP contribution >= 0.6 is 0 Å². The molecule has 0 amide bonds. The summed E-state index contributed by atoms with van der Waals surface area (Å²) in [6.07, 6.45) is 3.82. The van der Waals surface area contributed by atoms with E-state index in [0.717, 1.165) is 32.1 Å². The molecule has 2 aliphatic rings. The number of likely N-dealkylation sites (tertiary alicyclic amines) is 1. The van der Waals surface area contributed by atoms with Gasteiger partial charge in [0.15, 0.2) is 5.96 Å². The van der Waals surface area contributed by atoms with Gasteiger partial charge in [-0.3, -0.25) is 5.41 Å². The van der Waals surface area contributed by atoms with E-state index in [-0.39, 0.29) is 5.96 Å². The number of hydrogen-bond acceptors (Lipinski definition) is 3. The SMILES string of the molecule is CCN1CCC[C@H](CC2CNCCN2C(=N)N)C1. The van der Waals surface area contributed by atoms with Gasteiger partial charge < -0.3 is 20.9 Å². The van der Waals surface area contributed by atoms with Gasteiger partial charge in [0, 0.05) is 32.2 Å². The minimum Gasteiger partial charge on any atom is -0.370 e. The van der Waals surface area contributed by atoms with E-state index in [0.29, 0.717) is 6.04 Å². The van der Waals surface area contributed by atoms with Gasteiger partial charge in [-0.2, -0.15) is 0 Å². The molecule has 2 rings (SSSR count). The molecule has 104 valence electrons. The number of piperidine rings is 1. The minimum atomic E-state index is 0.240. The Kier molecular flexibility index (Phi) is 4.83. The van der Waals surface area contributed by atoms with Crippen molar-refractivity contribution in [1.29, 1.82) is 5.41 Å². The standard InChI is InChI=1S/C13H27N5/c1-2-17-6-3-4-11(10-17)8-12-9-16-5-7-18(12)13(14)15/h11-12,16H,2-10H2,1H3,(H3,14,15)/t11-,12?/m1/s1. The Morgan fingerprint density at radius 2 is 2.28 bits per heavy atom. The highest BCUT2D eigenvalue weighted by Crippen LogP contribution is 2.23. The number of hydrogen-bond donors (Lipinski definition) is 3. The normalized spacial score (nSPS) is 30.4. The lowest BCUT2D eigenvalue weighted by Crippen LogP contribution is -2.56. The molecule has 0 aromatic heterocycles. The van der Waals surface area contributed by atoms with Crippen molar-refractivity contribution in [2.45, 2.75) is 32.2 Å². The zero-order valence-electron chi connectivity index (χ0n) is 11.5. The molecule has 0 spiro atoms. The van der Waals surface area contributed by atoms with Crippen LogP contribution in [0.3, 0.4) is 0 Å². The molecule has 0 aromatic rings. The van der Waals surface area contributed by atoms with Crippen molar-refractivity contribution in [3.8, 4) is 0 Å². The van der Waals surface area contributed by atoms with Crippen LogP contribution in [-0.4, -0.2) is 61.1 Å².